The topological polar surface area (TPSA) is 57.4 Å². The van der Waals surface area contributed by atoms with E-state index in [1.807, 2.05) is 37.3 Å². The minimum atomic E-state index is -0.256. The number of hydrogen-bond donors (Lipinski definition) is 1. The van der Waals surface area contributed by atoms with Crippen molar-refractivity contribution in [2.45, 2.75) is 19.1 Å². The molecule has 0 aliphatic carbocycles. The predicted octanol–water partition coefficient (Wildman–Crippen LogP) is 3.32. The van der Waals surface area contributed by atoms with Gasteiger partial charge in [0, 0.05) is 24.0 Å². The molecule has 0 amide bonds. The van der Waals surface area contributed by atoms with Crippen LogP contribution in [0, 0.1) is 0 Å². The Morgan fingerprint density at radius 3 is 2.65 bits per heavy atom. The van der Waals surface area contributed by atoms with E-state index in [4.69, 9.17) is 15.2 Å². The quantitative estimate of drug-likeness (QED) is 0.909. The molecule has 1 heterocycles. The van der Waals surface area contributed by atoms with E-state index >= 15 is 0 Å². The normalized spacial score (nSPS) is 13.6. The summed E-state index contributed by atoms with van der Waals surface area (Å²) in [5.74, 6) is 1.49. The molecule has 4 nitrogen and oxygen atoms in total. The number of aromatic nitrogens is 1. The van der Waals surface area contributed by atoms with Crippen LogP contribution in [0.3, 0.4) is 0 Å². The van der Waals surface area contributed by atoms with Crippen LogP contribution in [0.15, 0.2) is 47.2 Å². The number of rotatable bonds is 5. The highest BCUT2D eigenvalue weighted by molar-refractivity contribution is 9.10. The third kappa shape index (κ3) is 3.49. The molecule has 0 saturated carbocycles. The molecule has 0 bridgehead atoms. The monoisotopic (exact) mass is 336 g/mol. The maximum Gasteiger partial charge on any atom is 0.140 e. The lowest BCUT2D eigenvalue weighted by Crippen LogP contribution is -2.29. The van der Waals surface area contributed by atoms with Crippen molar-refractivity contribution in [1.29, 1.82) is 0 Å². The lowest BCUT2D eigenvalue weighted by molar-refractivity contribution is 0.178. The molecule has 2 aromatic rings. The molecule has 106 valence electrons. The van der Waals surface area contributed by atoms with Gasteiger partial charge in [0.15, 0.2) is 0 Å². The van der Waals surface area contributed by atoms with Gasteiger partial charge in [-0.05, 0) is 47.1 Å². The molecule has 2 unspecified atom stereocenters. The summed E-state index contributed by atoms with van der Waals surface area (Å²) in [7, 11) is 1.63. The highest BCUT2D eigenvalue weighted by Crippen LogP contribution is 2.33. The Morgan fingerprint density at radius 1 is 1.30 bits per heavy atom. The molecule has 0 fully saturated rings. The first kappa shape index (κ1) is 14.8. The summed E-state index contributed by atoms with van der Waals surface area (Å²) in [6.07, 6.45) is 3.24. The minimum absolute atomic E-state index is 0.159. The van der Waals surface area contributed by atoms with Gasteiger partial charge in [0.2, 0.25) is 0 Å². The first-order chi connectivity index (χ1) is 9.61. The molecule has 0 aliphatic rings. The van der Waals surface area contributed by atoms with Crippen LogP contribution in [0.25, 0.3) is 0 Å². The first-order valence-corrected chi connectivity index (χ1v) is 7.07. The molecule has 2 atom stereocenters. The first-order valence-electron chi connectivity index (χ1n) is 6.27. The Balaban J connectivity index is 2.25. The van der Waals surface area contributed by atoms with Gasteiger partial charge in [0.1, 0.15) is 17.6 Å². The molecule has 0 radical (unpaired) electrons. The van der Waals surface area contributed by atoms with Crippen LogP contribution >= 0.6 is 15.9 Å². The van der Waals surface area contributed by atoms with E-state index in [1.54, 1.807) is 19.5 Å². The number of nitrogens with two attached hydrogens (primary N) is 1. The average Bonchev–Trinajstić information content (AvgIpc) is 2.46. The minimum Gasteiger partial charge on any atom is -0.497 e. The van der Waals surface area contributed by atoms with Gasteiger partial charge >= 0.3 is 0 Å². The van der Waals surface area contributed by atoms with Crippen molar-refractivity contribution >= 4 is 15.9 Å². The Bertz CT molecular complexity index is 561. The van der Waals surface area contributed by atoms with E-state index in [9.17, 15) is 0 Å². The Morgan fingerprint density at radius 2 is 2.10 bits per heavy atom. The van der Waals surface area contributed by atoms with E-state index in [0.717, 1.165) is 21.5 Å². The lowest BCUT2D eigenvalue weighted by Gasteiger charge is -2.23. The number of pyridine rings is 1. The van der Waals surface area contributed by atoms with Crippen LogP contribution in [-0.4, -0.2) is 18.1 Å². The summed E-state index contributed by atoms with van der Waals surface area (Å²) in [4.78, 5) is 4.11. The molecular weight excluding hydrogens is 320 g/mol. The molecule has 5 heteroatoms. The summed E-state index contributed by atoms with van der Waals surface area (Å²) in [6.45, 7) is 1.91. The van der Waals surface area contributed by atoms with E-state index in [-0.39, 0.29) is 12.1 Å². The predicted molar refractivity (Wildman–Crippen MR) is 81.9 cm³/mol. The van der Waals surface area contributed by atoms with Gasteiger partial charge in [-0.15, -0.1) is 0 Å². The summed E-state index contributed by atoms with van der Waals surface area (Å²) in [6, 6.07) is 9.23. The Labute approximate surface area is 127 Å². The highest BCUT2D eigenvalue weighted by Gasteiger charge is 2.19. The number of halogens is 1. The van der Waals surface area contributed by atoms with Crippen molar-refractivity contribution in [2.75, 3.05) is 7.11 Å². The summed E-state index contributed by atoms with van der Waals surface area (Å²) < 4.78 is 12.0. The van der Waals surface area contributed by atoms with Gasteiger partial charge in [-0.1, -0.05) is 6.07 Å². The number of nitrogens with zero attached hydrogens (tertiary/aromatic N) is 1. The van der Waals surface area contributed by atoms with Gasteiger partial charge in [-0.3, -0.25) is 4.98 Å². The second-order valence-corrected chi connectivity index (χ2v) is 5.33. The van der Waals surface area contributed by atoms with Crippen LogP contribution in [0.1, 0.15) is 18.6 Å². The van der Waals surface area contributed by atoms with E-state index in [2.05, 4.69) is 20.9 Å². The molecular formula is C15H17BrN2O2. The summed E-state index contributed by atoms with van der Waals surface area (Å²) in [5.41, 5.74) is 6.98. The average molecular weight is 337 g/mol. The second-order valence-electron chi connectivity index (χ2n) is 4.48. The number of benzene rings is 1. The van der Waals surface area contributed by atoms with Crippen molar-refractivity contribution in [3.63, 3.8) is 0 Å². The van der Waals surface area contributed by atoms with E-state index in [1.165, 1.54) is 0 Å². The number of ether oxygens (including phenoxy) is 2. The number of hydrogen-bond acceptors (Lipinski definition) is 4. The van der Waals surface area contributed by atoms with Crippen LogP contribution in [0.4, 0.5) is 0 Å². The maximum atomic E-state index is 6.03. The zero-order chi connectivity index (χ0) is 14.5. The van der Waals surface area contributed by atoms with Gasteiger partial charge in [0.25, 0.3) is 0 Å². The summed E-state index contributed by atoms with van der Waals surface area (Å²) in [5, 5.41) is 0. The molecule has 2 N–H and O–H groups in total. The highest BCUT2D eigenvalue weighted by atomic mass is 79.9. The van der Waals surface area contributed by atoms with Crippen molar-refractivity contribution in [3.8, 4) is 11.5 Å². The molecule has 1 aromatic carbocycles. The fourth-order valence-corrected chi connectivity index (χ4v) is 2.32. The largest absolute Gasteiger partial charge is 0.497 e. The zero-order valence-electron chi connectivity index (χ0n) is 11.4. The van der Waals surface area contributed by atoms with Crippen molar-refractivity contribution in [3.05, 3.63) is 52.8 Å². The van der Waals surface area contributed by atoms with Gasteiger partial charge in [-0.25, -0.2) is 0 Å². The van der Waals surface area contributed by atoms with Gasteiger partial charge in [-0.2, -0.15) is 0 Å². The SMILES string of the molecule is COc1ccc(OC(c2cccnc2)C(C)N)c(Br)c1. The zero-order valence-corrected chi connectivity index (χ0v) is 13.0. The molecule has 0 aliphatic heterocycles. The maximum absolute atomic E-state index is 6.03. The van der Waals surface area contributed by atoms with E-state index < -0.39 is 0 Å². The number of methoxy groups -OCH3 is 1. The fourth-order valence-electron chi connectivity index (χ4n) is 1.86. The molecule has 2 rings (SSSR count). The molecule has 0 spiro atoms. The Hall–Kier alpha value is -1.59. The third-order valence-electron chi connectivity index (χ3n) is 2.88. The lowest BCUT2D eigenvalue weighted by atomic mass is 10.1. The molecule has 20 heavy (non-hydrogen) atoms. The van der Waals surface area contributed by atoms with E-state index in [0.29, 0.717) is 0 Å². The third-order valence-corrected chi connectivity index (χ3v) is 3.50. The fraction of sp³-hybridized carbons (Fsp3) is 0.267. The second kappa shape index (κ2) is 6.72. The van der Waals surface area contributed by atoms with Crippen LogP contribution in [0.2, 0.25) is 0 Å². The Kier molecular flexibility index (Phi) is 4.98. The molecule has 0 saturated heterocycles. The smallest absolute Gasteiger partial charge is 0.140 e. The van der Waals surface area contributed by atoms with Crippen LogP contribution < -0.4 is 15.2 Å². The van der Waals surface area contributed by atoms with Crippen molar-refractivity contribution < 1.29 is 9.47 Å². The summed E-state index contributed by atoms with van der Waals surface area (Å²) >= 11 is 3.48. The van der Waals surface area contributed by atoms with Gasteiger partial charge < -0.3 is 15.2 Å². The van der Waals surface area contributed by atoms with Crippen LogP contribution in [0.5, 0.6) is 11.5 Å². The van der Waals surface area contributed by atoms with Gasteiger partial charge in [0.05, 0.1) is 11.6 Å². The van der Waals surface area contributed by atoms with Crippen molar-refractivity contribution in [1.82, 2.24) is 4.98 Å². The van der Waals surface area contributed by atoms with Crippen LogP contribution in [-0.2, 0) is 0 Å². The molecule has 1 aromatic heterocycles. The van der Waals surface area contributed by atoms with Crippen molar-refractivity contribution in [2.24, 2.45) is 5.73 Å². The standard InChI is InChI=1S/C15H17BrN2O2/c1-10(17)15(11-4-3-7-18-9-11)20-14-6-5-12(19-2)8-13(14)16/h3-10,15H,17H2,1-2H3.